The van der Waals surface area contributed by atoms with E-state index in [2.05, 4.69) is 17.1 Å². The Morgan fingerprint density at radius 3 is 2.69 bits per heavy atom. The number of aromatic nitrogens is 1. The number of pyridine rings is 1. The van der Waals surface area contributed by atoms with Crippen LogP contribution in [0.1, 0.15) is 78.5 Å². The molecule has 294 valence electrons. The van der Waals surface area contributed by atoms with E-state index in [-0.39, 0.29) is 26.2 Å². The molecule has 55 heavy (non-hydrogen) atoms. The number of rotatable bonds is 14. The number of anilines is 1. The molecule has 0 fully saturated rings. The summed E-state index contributed by atoms with van der Waals surface area (Å²) in [7, 11) is 0. The van der Waals surface area contributed by atoms with Crippen molar-refractivity contribution in [3.05, 3.63) is 46.7 Å². The summed E-state index contributed by atoms with van der Waals surface area (Å²) in [6.45, 7) is 11.9. The molecule has 3 atom stereocenters. The molecular weight excluding hydrogens is 817 g/mol. The molecular formula is C39H49N5O10Sn. The van der Waals surface area contributed by atoms with Gasteiger partial charge in [0.1, 0.15) is 0 Å². The number of nitrogens with zero attached hydrogens (tertiary/aromatic N) is 4. The third kappa shape index (κ3) is 8.27. The van der Waals surface area contributed by atoms with Crippen molar-refractivity contribution in [1.29, 1.82) is 0 Å². The Kier molecular flexibility index (Phi) is 12.3. The Bertz CT molecular complexity index is 1940. The molecule has 5 heterocycles. The summed E-state index contributed by atoms with van der Waals surface area (Å²) in [6, 6.07) is 4.96. The number of cyclic esters (lactones) is 1. The van der Waals surface area contributed by atoms with Crippen molar-refractivity contribution in [3.63, 3.8) is 0 Å². The summed E-state index contributed by atoms with van der Waals surface area (Å²) in [5.41, 5.74) is 3.02. The van der Waals surface area contributed by atoms with Gasteiger partial charge in [-0.25, -0.2) is 4.99 Å². The Hall–Kier alpha value is -4.38. The first-order chi connectivity index (χ1) is 26.3. The molecule has 6 rings (SSSR count). The van der Waals surface area contributed by atoms with E-state index in [1.54, 1.807) is 40.7 Å². The molecule has 4 aliphatic rings. The van der Waals surface area contributed by atoms with Gasteiger partial charge in [0.25, 0.3) is 0 Å². The first-order valence-electron chi connectivity index (χ1n) is 18.9. The van der Waals surface area contributed by atoms with Gasteiger partial charge in [0, 0.05) is 6.54 Å². The van der Waals surface area contributed by atoms with Crippen LogP contribution in [0.4, 0.5) is 21.0 Å². The van der Waals surface area contributed by atoms with Gasteiger partial charge in [-0.1, -0.05) is 25.8 Å². The van der Waals surface area contributed by atoms with Crippen molar-refractivity contribution >= 4 is 79.6 Å². The van der Waals surface area contributed by atoms with E-state index < -0.39 is 68.8 Å². The quantitative estimate of drug-likeness (QED) is 0.105. The number of esters is 2. The van der Waals surface area contributed by atoms with E-state index in [0.29, 0.717) is 38.0 Å². The third-order valence-electron chi connectivity index (χ3n) is 9.79. The molecule has 0 spiro atoms. The zero-order valence-corrected chi connectivity index (χ0v) is 35.1. The Labute approximate surface area is 330 Å². The van der Waals surface area contributed by atoms with Crippen LogP contribution in [0.2, 0.25) is 8.87 Å². The van der Waals surface area contributed by atoms with Gasteiger partial charge < -0.3 is 4.90 Å². The number of carbonyl (C=O) groups excluding carboxylic acids is 4. The minimum atomic E-state index is -1.86. The number of aliphatic imine (C=N–C) groups is 1. The number of hydrogen-bond acceptors (Lipinski definition) is 14. The van der Waals surface area contributed by atoms with Crippen LogP contribution in [0.3, 0.4) is 0 Å². The molecule has 15 nitrogen and oxygen atoms in total. The van der Waals surface area contributed by atoms with E-state index in [9.17, 15) is 24.3 Å². The fraction of sp³-hybridized carbons (Fsp3) is 0.538. The Balaban J connectivity index is 1.19. The monoisotopic (exact) mass is 867 g/mol. The van der Waals surface area contributed by atoms with Gasteiger partial charge in [-0.2, -0.15) is 0 Å². The van der Waals surface area contributed by atoms with Crippen LogP contribution in [0, 0.1) is 0 Å². The Morgan fingerprint density at radius 2 is 1.96 bits per heavy atom. The van der Waals surface area contributed by atoms with Crippen LogP contribution in [-0.2, 0) is 39.8 Å². The summed E-state index contributed by atoms with van der Waals surface area (Å²) < 4.78 is 28.2. The first-order valence-corrected chi connectivity index (χ1v) is 22.9. The van der Waals surface area contributed by atoms with E-state index in [1.807, 2.05) is 29.4 Å². The summed E-state index contributed by atoms with van der Waals surface area (Å²) >= 11 is -1.37. The third-order valence-corrected chi connectivity index (χ3v) is 13.4. The maximum atomic E-state index is 13.6. The van der Waals surface area contributed by atoms with Crippen LogP contribution in [0.15, 0.2) is 40.4 Å². The van der Waals surface area contributed by atoms with E-state index >= 15 is 0 Å². The van der Waals surface area contributed by atoms with Crippen molar-refractivity contribution in [3.8, 4) is 0 Å². The Morgan fingerprint density at radius 1 is 1.16 bits per heavy atom. The zero-order valence-electron chi connectivity index (χ0n) is 32.2. The van der Waals surface area contributed by atoms with Crippen molar-refractivity contribution in [2.75, 3.05) is 31.3 Å². The number of aliphatic hydroxyl groups is 1. The van der Waals surface area contributed by atoms with Crippen LogP contribution in [0.25, 0.3) is 16.6 Å². The fourth-order valence-corrected chi connectivity index (χ4v) is 10.1. The van der Waals surface area contributed by atoms with Gasteiger partial charge in [0.2, 0.25) is 0 Å². The van der Waals surface area contributed by atoms with Crippen LogP contribution in [-0.4, -0.2) is 116 Å². The molecule has 0 bridgehead atoms. The van der Waals surface area contributed by atoms with Crippen molar-refractivity contribution in [2.24, 2.45) is 4.99 Å². The van der Waals surface area contributed by atoms with Gasteiger partial charge in [-0.05, 0) is 18.6 Å². The summed E-state index contributed by atoms with van der Waals surface area (Å²) in [4.78, 5) is 65.5. The van der Waals surface area contributed by atoms with Crippen LogP contribution in [0.5, 0.6) is 0 Å². The molecule has 2 aromatic rings. The number of benzene rings is 1. The van der Waals surface area contributed by atoms with Gasteiger partial charge in [-0.15, -0.1) is 0 Å². The van der Waals surface area contributed by atoms with Gasteiger partial charge in [0.15, 0.2) is 0 Å². The molecule has 1 amide bonds. The summed E-state index contributed by atoms with van der Waals surface area (Å²) in [5, 5.41) is 15.4. The number of carbonyl (C=O) groups is 4. The second-order valence-electron chi connectivity index (χ2n) is 14.7. The van der Waals surface area contributed by atoms with Crippen LogP contribution >= 0.6 is 0 Å². The van der Waals surface area contributed by atoms with Crippen molar-refractivity contribution < 1.29 is 48.0 Å². The van der Waals surface area contributed by atoms with E-state index in [4.69, 9.17) is 33.7 Å². The molecule has 16 heteroatoms. The zero-order chi connectivity index (χ0) is 39.5. The molecule has 0 saturated carbocycles. The second-order valence-corrected chi connectivity index (χ2v) is 18.7. The first kappa shape index (κ1) is 40.3. The number of hydrogen-bond donors (Lipinski definition) is 2. The number of amides is 1. The summed E-state index contributed by atoms with van der Waals surface area (Å²) in [6.07, 6.45) is 3.89. The molecule has 0 aliphatic carbocycles. The van der Waals surface area contributed by atoms with Gasteiger partial charge >= 0.3 is 254 Å². The molecule has 4 aliphatic heterocycles. The predicted molar refractivity (Wildman–Crippen MR) is 205 cm³/mol. The molecule has 1 unspecified atom stereocenters. The summed E-state index contributed by atoms with van der Waals surface area (Å²) in [5.74, 6) is -1.31. The van der Waals surface area contributed by atoms with E-state index in [0.717, 1.165) is 53.6 Å². The number of aliphatic hydroxyl groups excluding tert-OH is 1. The average Bonchev–Trinajstić information content (AvgIpc) is 3.51. The molecule has 2 radical (unpaired) electrons. The topological polar surface area (TPSA) is 178 Å². The van der Waals surface area contributed by atoms with Gasteiger partial charge in [-0.3, -0.25) is 0 Å². The fourth-order valence-electron chi connectivity index (χ4n) is 7.22. The molecule has 1 aromatic heterocycles. The van der Waals surface area contributed by atoms with Gasteiger partial charge in [0.05, 0.1) is 17.4 Å². The van der Waals surface area contributed by atoms with E-state index in [1.165, 1.54) is 0 Å². The van der Waals surface area contributed by atoms with Crippen molar-refractivity contribution in [2.45, 2.75) is 106 Å². The SMILES string of the molecule is CCCCCN1C=Nc2cccc3nc4c(c1c23)CN1C4=CC2=C(COC(=O)[C@@]2(CC)OC(=O)OC[CH2][Sn][CH2][C@H](NC(=O)OC(C)(C)C)C(=O)OCC)C1O. The molecule has 1 aromatic carbocycles. The number of alkyl carbamates (subject to hydrolysis) is 1. The van der Waals surface area contributed by atoms with Crippen molar-refractivity contribution in [1.82, 2.24) is 15.2 Å². The molecule has 0 saturated heterocycles. The minimum absolute atomic E-state index is 0.0155. The number of fused-ring (bicyclic) bond motifs is 4. The molecule has 2 N–H and O–H groups in total. The normalized spacial score (nSPS) is 20.2. The number of nitrogens with one attached hydrogen (secondary N) is 1. The number of ether oxygens (including phenoxy) is 5. The predicted octanol–water partition coefficient (Wildman–Crippen LogP) is 5.55. The number of unbranched alkanes of at least 4 members (excludes halogenated alkanes) is 2. The maximum absolute atomic E-state index is 13.6. The standard InChI is InChI=1S/C29H31N4O6.C10H18NO4.Sn/c1-4-7-8-12-32-16-30-20-10-9-11-21-23(20)25(32)17-14-33-22(24(17)31-21)13-19-18(26(33)34)15-38-27(35)29(19,5-2)39-28(36)37-6-3;1-6-14-8(12)7(2)11-9(13)15-10(3,4)5;/h9-11,13,16,26,34H,3-8,12,14-15H2,1-2H3;7H,2,6H2,1,3-5H3,(H,11,13);/t26?,29-;7-;/m00./s1. The van der Waals surface area contributed by atoms with Crippen LogP contribution < -0.4 is 10.2 Å². The second kappa shape index (κ2) is 16.8. The average molecular weight is 867 g/mol.